The summed E-state index contributed by atoms with van der Waals surface area (Å²) in [6.07, 6.45) is 6.82. The standard InChI is InChI=1S/C20H24N2O2/c1-24-19-8-5-13-22(18(19)14-16-6-3-2-4-7-16)20(23)15-17-9-11-21-12-10-17/h2-4,6-7,9-12,18-19H,5,8,13-15H2,1H3/t18-,19-/m0/s1. The van der Waals surface area contributed by atoms with Gasteiger partial charge in [-0.25, -0.2) is 0 Å². The number of carbonyl (C=O) groups excluding carboxylic acids is 1. The molecule has 0 aliphatic carbocycles. The number of hydrogen-bond acceptors (Lipinski definition) is 3. The molecule has 3 rings (SSSR count). The molecule has 126 valence electrons. The van der Waals surface area contributed by atoms with Crippen molar-refractivity contribution in [1.82, 2.24) is 9.88 Å². The van der Waals surface area contributed by atoms with Gasteiger partial charge in [0.25, 0.3) is 0 Å². The molecule has 4 nitrogen and oxygen atoms in total. The van der Waals surface area contributed by atoms with Gasteiger partial charge in [-0.05, 0) is 42.5 Å². The molecule has 2 atom stereocenters. The Morgan fingerprint density at radius 3 is 2.62 bits per heavy atom. The van der Waals surface area contributed by atoms with Crippen LogP contribution in [0.2, 0.25) is 0 Å². The molecule has 0 N–H and O–H groups in total. The molecule has 0 bridgehead atoms. The molecule has 0 radical (unpaired) electrons. The van der Waals surface area contributed by atoms with Gasteiger partial charge in [-0.3, -0.25) is 9.78 Å². The second-order valence-corrected chi connectivity index (χ2v) is 6.29. The van der Waals surface area contributed by atoms with Gasteiger partial charge >= 0.3 is 0 Å². The predicted molar refractivity (Wildman–Crippen MR) is 93.6 cm³/mol. The fraction of sp³-hybridized carbons (Fsp3) is 0.400. The molecule has 1 aliphatic heterocycles. The van der Waals surface area contributed by atoms with Crippen LogP contribution in [0.25, 0.3) is 0 Å². The Bertz CT molecular complexity index is 645. The minimum atomic E-state index is 0.0975. The number of likely N-dealkylation sites (tertiary alicyclic amines) is 1. The lowest BCUT2D eigenvalue weighted by atomic mass is 9.92. The lowest BCUT2D eigenvalue weighted by Crippen LogP contribution is -2.53. The van der Waals surface area contributed by atoms with E-state index in [4.69, 9.17) is 4.74 Å². The van der Waals surface area contributed by atoms with Crippen molar-refractivity contribution in [1.29, 1.82) is 0 Å². The second kappa shape index (κ2) is 8.06. The summed E-state index contributed by atoms with van der Waals surface area (Å²) in [5.41, 5.74) is 2.25. The van der Waals surface area contributed by atoms with Crippen LogP contribution in [-0.4, -0.2) is 41.6 Å². The van der Waals surface area contributed by atoms with E-state index in [1.54, 1.807) is 19.5 Å². The van der Waals surface area contributed by atoms with Gasteiger partial charge in [0.15, 0.2) is 0 Å². The van der Waals surface area contributed by atoms with Crippen LogP contribution in [0.5, 0.6) is 0 Å². The largest absolute Gasteiger partial charge is 0.379 e. The highest BCUT2D eigenvalue weighted by atomic mass is 16.5. The number of carbonyl (C=O) groups is 1. The first-order chi connectivity index (χ1) is 11.8. The van der Waals surface area contributed by atoms with Gasteiger partial charge in [0.2, 0.25) is 5.91 Å². The average Bonchev–Trinajstić information content (AvgIpc) is 2.63. The summed E-state index contributed by atoms with van der Waals surface area (Å²) in [6.45, 7) is 0.807. The fourth-order valence-electron chi connectivity index (χ4n) is 3.48. The van der Waals surface area contributed by atoms with Crippen LogP contribution in [0.1, 0.15) is 24.0 Å². The normalized spacial score (nSPS) is 20.8. The number of nitrogens with zero attached hydrogens (tertiary/aromatic N) is 2. The minimum absolute atomic E-state index is 0.0975. The summed E-state index contributed by atoms with van der Waals surface area (Å²) in [7, 11) is 1.75. The summed E-state index contributed by atoms with van der Waals surface area (Å²) in [5, 5.41) is 0. The molecule has 0 saturated carbocycles. The SMILES string of the molecule is CO[C@H]1CCCN(C(=O)Cc2ccncc2)[C@H]1Cc1ccccc1. The number of rotatable bonds is 5. The third kappa shape index (κ3) is 4.01. The minimum Gasteiger partial charge on any atom is -0.379 e. The van der Waals surface area contributed by atoms with Gasteiger partial charge in [0.1, 0.15) is 0 Å². The van der Waals surface area contributed by atoms with E-state index in [0.717, 1.165) is 31.4 Å². The quantitative estimate of drug-likeness (QED) is 0.849. The number of aromatic nitrogens is 1. The van der Waals surface area contributed by atoms with Crippen LogP contribution in [0.3, 0.4) is 0 Å². The van der Waals surface area contributed by atoms with E-state index in [1.807, 2.05) is 35.2 Å². The van der Waals surface area contributed by atoms with E-state index in [1.165, 1.54) is 5.56 Å². The Hall–Kier alpha value is -2.20. The maximum atomic E-state index is 12.9. The zero-order chi connectivity index (χ0) is 16.8. The molecule has 4 heteroatoms. The Morgan fingerprint density at radius 1 is 1.17 bits per heavy atom. The molecular formula is C20H24N2O2. The van der Waals surface area contributed by atoms with Crippen LogP contribution in [0, 0.1) is 0 Å². The molecule has 1 fully saturated rings. The Kier molecular flexibility index (Phi) is 5.59. The first-order valence-corrected chi connectivity index (χ1v) is 8.53. The smallest absolute Gasteiger partial charge is 0.227 e. The van der Waals surface area contributed by atoms with Crippen LogP contribution < -0.4 is 0 Å². The van der Waals surface area contributed by atoms with Crippen molar-refractivity contribution in [2.24, 2.45) is 0 Å². The van der Waals surface area contributed by atoms with E-state index in [2.05, 4.69) is 17.1 Å². The molecule has 1 amide bonds. The highest BCUT2D eigenvalue weighted by Gasteiger charge is 2.34. The zero-order valence-corrected chi connectivity index (χ0v) is 14.1. The van der Waals surface area contributed by atoms with Crippen molar-refractivity contribution >= 4 is 5.91 Å². The lowest BCUT2D eigenvalue weighted by molar-refractivity contribution is -0.139. The topological polar surface area (TPSA) is 42.4 Å². The van der Waals surface area contributed by atoms with Crippen molar-refractivity contribution in [2.75, 3.05) is 13.7 Å². The van der Waals surface area contributed by atoms with Gasteiger partial charge in [-0.1, -0.05) is 30.3 Å². The first-order valence-electron chi connectivity index (χ1n) is 8.53. The third-order valence-corrected chi connectivity index (χ3v) is 4.73. The number of benzene rings is 1. The van der Waals surface area contributed by atoms with Gasteiger partial charge < -0.3 is 9.64 Å². The zero-order valence-electron chi connectivity index (χ0n) is 14.1. The second-order valence-electron chi connectivity index (χ2n) is 6.29. The number of piperidine rings is 1. The molecule has 2 heterocycles. The summed E-state index contributed by atoms with van der Waals surface area (Å²) in [6, 6.07) is 14.3. The average molecular weight is 324 g/mol. The van der Waals surface area contributed by atoms with Crippen molar-refractivity contribution in [2.45, 2.75) is 37.8 Å². The Morgan fingerprint density at radius 2 is 1.92 bits per heavy atom. The van der Waals surface area contributed by atoms with E-state index >= 15 is 0 Å². The van der Waals surface area contributed by atoms with E-state index in [-0.39, 0.29) is 18.1 Å². The van der Waals surface area contributed by atoms with Gasteiger partial charge in [0.05, 0.1) is 18.6 Å². The van der Waals surface area contributed by atoms with Crippen molar-refractivity contribution < 1.29 is 9.53 Å². The molecular weight excluding hydrogens is 300 g/mol. The molecule has 1 aliphatic rings. The molecule has 1 aromatic carbocycles. The molecule has 1 saturated heterocycles. The number of ether oxygens (including phenoxy) is 1. The van der Waals surface area contributed by atoms with Gasteiger partial charge in [-0.2, -0.15) is 0 Å². The first kappa shape index (κ1) is 16.7. The van der Waals surface area contributed by atoms with Crippen molar-refractivity contribution in [3.05, 3.63) is 66.0 Å². The van der Waals surface area contributed by atoms with E-state index in [0.29, 0.717) is 6.42 Å². The fourth-order valence-corrected chi connectivity index (χ4v) is 3.48. The van der Waals surface area contributed by atoms with Crippen LogP contribution >= 0.6 is 0 Å². The third-order valence-electron chi connectivity index (χ3n) is 4.73. The molecule has 24 heavy (non-hydrogen) atoms. The van der Waals surface area contributed by atoms with Crippen LogP contribution in [-0.2, 0) is 22.4 Å². The summed E-state index contributed by atoms with van der Waals surface area (Å²) in [5.74, 6) is 0.170. The van der Waals surface area contributed by atoms with Crippen LogP contribution in [0.15, 0.2) is 54.9 Å². The maximum Gasteiger partial charge on any atom is 0.227 e. The van der Waals surface area contributed by atoms with Crippen molar-refractivity contribution in [3.8, 4) is 0 Å². The lowest BCUT2D eigenvalue weighted by Gasteiger charge is -2.41. The molecule has 0 unspecified atom stereocenters. The predicted octanol–water partition coefficient (Wildman–Crippen LogP) is 2.87. The number of amides is 1. The molecule has 0 spiro atoms. The highest BCUT2D eigenvalue weighted by molar-refractivity contribution is 5.79. The Balaban J connectivity index is 1.76. The highest BCUT2D eigenvalue weighted by Crippen LogP contribution is 2.24. The summed E-state index contributed by atoms with van der Waals surface area (Å²) in [4.78, 5) is 18.9. The number of hydrogen-bond donors (Lipinski definition) is 0. The monoisotopic (exact) mass is 324 g/mol. The summed E-state index contributed by atoms with van der Waals surface area (Å²) >= 11 is 0. The Labute approximate surface area is 143 Å². The maximum absolute atomic E-state index is 12.9. The van der Waals surface area contributed by atoms with E-state index in [9.17, 15) is 4.79 Å². The molecule has 1 aromatic heterocycles. The number of pyridine rings is 1. The van der Waals surface area contributed by atoms with Crippen LogP contribution in [0.4, 0.5) is 0 Å². The summed E-state index contributed by atoms with van der Waals surface area (Å²) < 4.78 is 5.70. The molecule has 2 aromatic rings. The van der Waals surface area contributed by atoms with E-state index < -0.39 is 0 Å². The van der Waals surface area contributed by atoms with Gasteiger partial charge in [-0.15, -0.1) is 0 Å². The van der Waals surface area contributed by atoms with Crippen molar-refractivity contribution in [3.63, 3.8) is 0 Å². The van der Waals surface area contributed by atoms with Gasteiger partial charge in [0, 0.05) is 26.0 Å². The number of methoxy groups -OCH3 is 1.